The van der Waals surface area contributed by atoms with Crippen LogP contribution in [0.25, 0.3) is 0 Å². The van der Waals surface area contributed by atoms with E-state index in [2.05, 4.69) is 21.2 Å². The largest absolute Gasteiger partial charge is 0.324 e. The van der Waals surface area contributed by atoms with E-state index in [1.165, 1.54) is 33.3 Å². The number of amides is 1. The summed E-state index contributed by atoms with van der Waals surface area (Å²) in [6.07, 6.45) is 4.28. The van der Waals surface area contributed by atoms with Gasteiger partial charge in [0.2, 0.25) is 15.9 Å². The smallest absolute Gasteiger partial charge is 0.251 e. The van der Waals surface area contributed by atoms with Crippen molar-refractivity contribution in [2.45, 2.75) is 30.7 Å². The van der Waals surface area contributed by atoms with E-state index in [0.29, 0.717) is 23.2 Å². The van der Waals surface area contributed by atoms with E-state index < -0.39 is 15.9 Å². The van der Waals surface area contributed by atoms with Crippen LogP contribution < -0.4 is 10.9 Å². The number of halogens is 1. The van der Waals surface area contributed by atoms with E-state index in [1.807, 2.05) is 0 Å². The minimum atomic E-state index is -3.57. The van der Waals surface area contributed by atoms with Crippen molar-refractivity contribution in [2.75, 3.05) is 18.4 Å². The summed E-state index contributed by atoms with van der Waals surface area (Å²) in [7, 11) is -3.57. The van der Waals surface area contributed by atoms with Gasteiger partial charge in [0.15, 0.2) is 0 Å². The Morgan fingerprint density at radius 1 is 1.11 bits per heavy atom. The number of carbonyl (C=O) groups is 1. The number of benzene rings is 1. The minimum Gasteiger partial charge on any atom is -0.324 e. The molecule has 2 aromatic rings. The molecule has 1 fully saturated rings. The summed E-state index contributed by atoms with van der Waals surface area (Å²) in [6, 6.07) is 9.16. The van der Waals surface area contributed by atoms with E-state index in [4.69, 9.17) is 0 Å². The van der Waals surface area contributed by atoms with Crippen molar-refractivity contribution >= 4 is 37.5 Å². The normalized spacial score (nSPS) is 15.4. The maximum absolute atomic E-state index is 12.8. The second-order valence-electron chi connectivity index (χ2n) is 6.35. The summed E-state index contributed by atoms with van der Waals surface area (Å²) in [5.41, 5.74) is 0.0795. The Balaban J connectivity index is 1.74. The van der Waals surface area contributed by atoms with Gasteiger partial charge in [0.05, 0.1) is 4.90 Å². The average molecular weight is 454 g/mol. The van der Waals surface area contributed by atoms with Gasteiger partial charge in [-0.3, -0.25) is 9.59 Å². The number of hydrogen-bond donors (Lipinski definition) is 1. The van der Waals surface area contributed by atoms with Crippen LogP contribution in [0.2, 0.25) is 0 Å². The lowest BCUT2D eigenvalue weighted by Crippen LogP contribution is -2.35. The maximum atomic E-state index is 12.8. The standard InChI is InChI=1S/C18H20BrN3O4S/c19-14-7-8-18(24)21(12-14)13-17(23)20-15-5-4-6-16(11-15)27(25,26)22-9-2-1-3-10-22/h4-8,11-12H,1-3,9-10,13H2,(H,20,23). The van der Waals surface area contributed by atoms with Crippen LogP contribution in [0.1, 0.15) is 19.3 Å². The fourth-order valence-electron chi connectivity index (χ4n) is 2.97. The van der Waals surface area contributed by atoms with Crippen molar-refractivity contribution in [2.24, 2.45) is 0 Å². The monoisotopic (exact) mass is 453 g/mol. The number of aromatic nitrogens is 1. The van der Waals surface area contributed by atoms with Crippen LogP contribution in [-0.2, 0) is 21.4 Å². The SMILES string of the molecule is O=C(Cn1cc(Br)ccc1=O)Nc1cccc(S(=O)(=O)N2CCCCC2)c1. The van der Waals surface area contributed by atoms with E-state index in [9.17, 15) is 18.0 Å². The van der Waals surface area contributed by atoms with Gasteiger partial charge in [-0.15, -0.1) is 0 Å². The van der Waals surface area contributed by atoms with Crippen LogP contribution in [0.4, 0.5) is 5.69 Å². The summed E-state index contributed by atoms with van der Waals surface area (Å²) in [6.45, 7) is 0.872. The molecule has 0 atom stereocenters. The van der Waals surface area contributed by atoms with E-state index in [1.54, 1.807) is 18.2 Å². The number of nitrogens with zero attached hydrogens (tertiary/aromatic N) is 2. The summed E-state index contributed by atoms with van der Waals surface area (Å²) < 4.78 is 29.0. The topological polar surface area (TPSA) is 88.5 Å². The molecule has 0 aliphatic carbocycles. The zero-order valence-electron chi connectivity index (χ0n) is 14.6. The lowest BCUT2D eigenvalue weighted by Gasteiger charge is -2.26. The number of hydrogen-bond acceptors (Lipinski definition) is 4. The summed E-state index contributed by atoms with van der Waals surface area (Å²) in [5, 5.41) is 2.66. The highest BCUT2D eigenvalue weighted by atomic mass is 79.9. The van der Waals surface area contributed by atoms with E-state index in [-0.39, 0.29) is 17.0 Å². The molecule has 9 heteroatoms. The van der Waals surface area contributed by atoms with E-state index in [0.717, 1.165) is 19.3 Å². The lowest BCUT2D eigenvalue weighted by molar-refractivity contribution is -0.116. The van der Waals surface area contributed by atoms with Crippen molar-refractivity contribution in [3.05, 3.63) is 57.4 Å². The van der Waals surface area contributed by atoms with Gasteiger partial charge in [0.25, 0.3) is 5.56 Å². The van der Waals surface area contributed by atoms with Gasteiger partial charge < -0.3 is 9.88 Å². The van der Waals surface area contributed by atoms with Gasteiger partial charge in [-0.25, -0.2) is 8.42 Å². The first-order chi connectivity index (χ1) is 12.9. The van der Waals surface area contributed by atoms with Crippen molar-refractivity contribution in [1.82, 2.24) is 8.87 Å². The first-order valence-corrected chi connectivity index (χ1v) is 10.9. The fourth-order valence-corrected chi connectivity index (χ4v) is 4.91. The van der Waals surface area contributed by atoms with E-state index >= 15 is 0 Å². The second kappa shape index (κ2) is 8.37. The molecule has 144 valence electrons. The molecule has 2 heterocycles. The van der Waals surface area contributed by atoms with Gasteiger partial charge in [0.1, 0.15) is 6.54 Å². The molecule has 0 bridgehead atoms. The number of anilines is 1. The van der Waals surface area contributed by atoms with Crippen molar-refractivity contribution in [1.29, 1.82) is 0 Å². The molecule has 1 aromatic heterocycles. The molecule has 3 rings (SSSR count). The molecule has 1 aromatic carbocycles. The van der Waals surface area contributed by atoms with Crippen molar-refractivity contribution in [3.8, 4) is 0 Å². The second-order valence-corrected chi connectivity index (χ2v) is 9.21. The van der Waals surface area contributed by atoms with Gasteiger partial charge in [-0.05, 0) is 53.0 Å². The van der Waals surface area contributed by atoms with Crippen LogP contribution >= 0.6 is 15.9 Å². The molecule has 0 saturated carbocycles. The number of piperidine rings is 1. The Morgan fingerprint density at radius 2 is 1.85 bits per heavy atom. The van der Waals surface area contributed by atoms with Gasteiger partial charge in [-0.2, -0.15) is 4.31 Å². The molecule has 7 nitrogen and oxygen atoms in total. The van der Waals surface area contributed by atoms with Gasteiger partial charge >= 0.3 is 0 Å². The Kier molecular flexibility index (Phi) is 6.13. The highest BCUT2D eigenvalue weighted by Crippen LogP contribution is 2.22. The third-order valence-electron chi connectivity index (χ3n) is 4.33. The van der Waals surface area contributed by atoms with Crippen LogP contribution in [0.3, 0.4) is 0 Å². The third kappa shape index (κ3) is 4.85. The van der Waals surface area contributed by atoms with Gasteiger partial charge in [0, 0.05) is 35.5 Å². The lowest BCUT2D eigenvalue weighted by atomic mass is 10.2. The van der Waals surface area contributed by atoms with Crippen molar-refractivity contribution in [3.63, 3.8) is 0 Å². The predicted octanol–water partition coefficient (Wildman–Crippen LogP) is 2.42. The Labute approximate surface area is 166 Å². The average Bonchev–Trinajstić information content (AvgIpc) is 2.65. The molecule has 0 radical (unpaired) electrons. The summed E-state index contributed by atoms with van der Waals surface area (Å²) >= 11 is 3.26. The number of pyridine rings is 1. The highest BCUT2D eigenvalue weighted by Gasteiger charge is 2.26. The Hall–Kier alpha value is -1.97. The molecule has 1 aliphatic heterocycles. The molecule has 27 heavy (non-hydrogen) atoms. The molecule has 1 aliphatic rings. The van der Waals surface area contributed by atoms with Crippen LogP contribution in [-0.4, -0.2) is 36.3 Å². The molecular weight excluding hydrogens is 434 g/mol. The number of rotatable bonds is 5. The van der Waals surface area contributed by atoms with Gasteiger partial charge in [-0.1, -0.05) is 12.5 Å². The summed E-state index contributed by atoms with van der Waals surface area (Å²) in [5.74, 6) is -0.414. The first kappa shape index (κ1) is 19.8. The maximum Gasteiger partial charge on any atom is 0.251 e. The third-order valence-corrected chi connectivity index (χ3v) is 6.70. The molecule has 0 spiro atoms. The predicted molar refractivity (Wildman–Crippen MR) is 106 cm³/mol. The number of nitrogens with one attached hydrogen (secondary N) is 1. The van der Waals surface area contributed by atoms with Crippen LogP contribution in [0, 0.1) is 0 Å². The number of sulfonamides is 1. The van der Waals surface area contributed by atoms with Crippen LogP contribution in [0.15, 0.2) is 56.8 Å². The molecular formula is C18H20BrN3O4S. The number of carbonyl (C=O) groups excluding carboxylic acids is 1. The van der Waals surface area contributed by atoms with Crippen LogP contribution in [0.5, 0.6) is 0 Å². The zero-order chi connectivity index (χ0) is 19.4. The quantitative estimate of drug-likeness (QED) is 0.752. The Morgan fingerprint density at radius 3 is 2.59 bits per heavy atom. The fraction of sp³-hybridized carbons (Fsp3) is 0.333. The van der Waals surface area contributed by atoms with Crippen molar-refractivity contribution < 1.29 is 13.2 Å². The Bertz CT molecular complexity index is 998. The zero-order valence-corrected chi connectivity index (χ0v) is 17.0. The molecule has 0 unspecified atom stereocenters. The summed E-state index contributed by atoms with van der Waals surface area (Å²) in [4.78, 5) is 24.2. The first-order valence-electron chi connectivity index (χ1n) is 8.62. The molecule has 1 saturated heterocycles. The molecule has 1 amide bonds. The highest BCUT2D eigenvalue weighted by molar-refractivity contribution is 9.10. The minimum absolute atomic E-state index is 0.154. The molecule has 1 N–H and O–H groups in total.